The Morgan fingerprint density at radius 1 is 0.571 bits per heavy atom. The summed E-state index contributed by atoms with van der Waals surface area (Å²) in [6.07, 6.45) is 3.94. The third kappa shape index (κ3) is 3.38. The van der Waals surface area contributed by atoms with Crippen LogP contribution in [-0.2, 0) is 0 Å². The van der Waals surface area contributed by atoms with Gasteiger partial charge in [0.05, 0.1) is 57.5 Å². The number of pyridine rings is 1. The molecule has 0 radical (unpaired) electrons. The largest absolute Gasteiger partial charge is 0.307 e. The maximum atomic E-state index is 9.88. The Bertz CT molecular complexity index is 2260. The average molecular weight is 539 g/mol. The molecule has 198 valence electrons. The first-order valence-corrected chi connectivity index (χ1v) is 14.1. The molecule has 0 spiro atoms. The van der Waals surface area contributed by atoms with Gasteiger partial charge in [-0.05, 0) is 54.8 Å². The molecular formula is C38H26N4. The summed E-state index contributed by atoms with van der Waals surface area (Å²) in [4.78, 5) is 4.91. The van der Waals surface area contributed by atoms with Gasteiger partial charge in [-0.15, -0.1) is 0 Å². The van der Waals surface area contributed by atoms with Crippen LogP contribution in [0.25, 0.3) is 66.1 Å². The van der Waals surface area contributed by atoms with Crippen LogP contribution in [0.15, 0.2) is 122 Å². The van der Waals surface area contributed by atoms with Crippen molar-refractivity contribution in [1.82, 2.24) is 14.1 Å². The number of hydrogen-bond donors (Lipinski definition) is 0. The fourth-order valence-electron chi connectivity index (χ4n) is 6.70. The van der Waals surface area contributed by atoms with Crippen LogP contribution in [0.4, 0.5) is 0 Å². The summed E-state index contributed by atoms with van der Waals surface area (Å²) in [5.74, 6) is 0. The van der Waals surface area contributed by atoms with Crippen LogP contribution in [0.2, 0.25) is 0 Å². The predicted molar refractivity (Wildman–Crippen MR) is 173 cm³/mol. The molecule has 0 unspecified atom stereocenters. The molecule has 0 aliphatic heterocycles. The maximum Gasteiger partial charge on any atom is 0.0991 e. The van der Waals surface area contributed by atoms with Gasteiger partial charge in [0.15, 0.2) is 0 Å². The van der Waals surface area contributed by atoms with Gasteiger partial charge in [-0.3, -0.25) is 4.98 Å². The van der Waals surface area contributed by atoms with E-state index in [1.807, 2.05) is 30.6 Å². The lowest BCUT2D eigenvalue weighted by atomic mass is 10.00. The summed E-state index contributed by atoms with van der Waals surface area (Å²) in [5, 5.41) is 14.7. The summed E-state index contributed by atoms with van der Waals surface area (Å²) < 4.78 is 4.71. The molecule has 0 N–H and O–H groups in total. The van der Waals surface area contributed by atoms with Crippen molar-refractivity contribution in [2.24, 2.45) is 0 Å². The topological polar surface area (TPSA) is 46.5 Å². The first kappa shape index (κ1) is 24.2. The van der Waals surface area contributed by atoms with Gasteiger partial charge in [0.2, 0.25) is 0 Å². The molecule has 8 rings (SSSR count). The fourth-order valence-corrected chi connectivity index (χ4v) is 6.70. The normalized spacial score (nSPS) is 11.5. The van der Waals surface area contributed by atoms with Crippen LogP contribution < -0.4 is 0 Å². The highest BCUT2D eigenvalue weighted by atomic mass is 15.0. The third-order valence-corrected chi connectivity index (χ3v) is 8.46. The monoisotopic (exact) mass is 538 g/mol. The van der Waals surface area contributed by atoms with Crippen LogP contribution in [0.1, 0.15) is 16.7 Å². The molecule has 0 bridgehead atoms. The van der Waals surface area contributed by atoms with E-state index < -0.39 is 0 Å². The van der Waals surface area contributed by atoms with Gasteiger partial charge in [-0.25, -0.2) is 0 Å². The highest BCUT2D eigenvalue weighted by molar-refractivity contribution is 6.12. The number of nitriles is 1. The zero-order chi connectivity index (χ0) is 28.4. The Morgan fingerprint density at radius 2 is 1.07 bits per heavy atom. The smallest absolute Gasteiger partial charge is 0.0991 e. The number of hydrogen-bond acceptors (Lipinski definition) is 2. The van der Waals surface area contributed by atoms with Crippen molar-refractivity contribution in [3.63, 3.8) is 0 Å². The summed E-state index contributed by atoms with van der Waals surface area (Å²) in [6, 6.07) is 40.4. The van der Waals surface area contributed by atoms with Crippen LogP contribution in [0.3, 0.4) is 0 Å². The van der Waals surface area contributed by atoms with Gasteiger partial charge >= 0.3 is 0 Å². The lowest BCUT2D eigenvalue weighted by Gasteiger charge is -2.20. The minimum absolute atomic E-state index is 0.623. The zero-order valence-electron chi connectivity index (χ0n) is 23.3. The minimum Gasteiger partial charge on any atom is -0.307 e. The molecule has 0 saturated carbocycles. The second kappa shape index (κ2) is 9.19. The summed E-state index contributed by atoms with van der Waals surface area (Å²) >= 11 is 0. The van der Waals surface area contributed by atoms with E-state index in [1.54, 1.807) is 0 Å². The zero-order valence-corrected chi connectivity index (χ0v) is 23.3. The molecule has 42 heavy (non-hydrogen) atoms. The second-order valence-corrected chi connectivity index (χ2v) is 10.9. The number of rotatable bonds is 3. The highest BCUT2D eigenvalue weighted by Gasteiger charge is 2.23. The van der Waals surface area contributed by atoms with Gasteiger partial charge < -0.3 is 9.13 Å². The predicted octanol–water partition coefficient (Wildman–Crippen LogP) is 9.43. The quantitative estimate of drug-likeness (QED) is 0.225. The summed E-state index contributed by atoms with van der Waals surface area (Å²) in [6.45, 7) is 4.34. The SMILES string of the molecule is Cc1cccc2c3ccccc3n(-c3cncc(-n4c5ccccc5c5cccc(C)c54)c3-c3cccc(C#N)c3)c12. The van der Waals surface area contributed by atoms with Crippen LogP contribution >= 0.6 is 0 Å². The summed E-state index contributed by atoms with van der Waals surface area (Å²) in [5.41, 5.74) is 11.5. The van der Waals surface area contributed by atoms with Crippen molar-refractivity contribution >= 4 is 43.6 Å². The van der Waals surface area contributed by atoms with Crippen molar-refractivity contribution < 1.29 is 0 Å². The van der Waals surface area contributed by atoms with Crippen molar-refractivity contribution in [2.45, 2.75) is 13.8 Å². The van der Waals surface area contributed by atoms with E-state index in [0.717, 1.165) is 44.6 Å². The number of para-hydroxylation sites is 4. The Kier molecular flexibility index (Phi) is 5.29. The lowest BCUT2D eigenvalue weighted by molar-refractivity contribution is 1.09. The van der Waals surface area contributed by atoms with Crippen LogP contribution in [0, 0.1) is 25.2 Å². The average Bonchev–Trinajstić information content (AvgIpc) is 3.56. The first-order chi connectivity index (χ1) is 20.7. The van der Waals surface area contributed by atoms with E-state index in [4.69, 9.17) is 4.98 Å². The van der Waals surface area contributed by atoms with E-state index in [-0.39, 0.29) is 0 Å². The Hall–Kier alpha value is -5.66. The molecule has 0 aliphatic rings. The molecule has 5 aromatic carbocycles. The lowest BCUT2D eigenvalue weighted by Crippen LogP contribution is -2.05. The van der Waals surface area contributed by atoms with E-state index >= 15 is 0 Å². The first-order valence-electron chi connectivity index (χ1n) is 14.1. The molecule has 4 nitrogen and oxygen atoms in total. The van der Waals surface area contributed by atoms with Crippen molar-refractivity contribution in [3.05, 3.63) is 138 Å². The molecule has 0 amide bonds. The van der Waals surface area contributed by atoms with Gasteiger partial charge in [0, 0.05) is 27.1 Å². The van der Waals surface area contributed by atoms with Crippen molar-refractivity contribution in [2.75, 3.05) is 0 Å². The number of nitrogens with zero attached hydrogens (tertiary/aromatic N) is 4. The number of aromatic nitrogens is 3. The minimum atomic E-state index is 0.623. The molecule has 0 atom stereocenters. The number of fused-ring (bicyclic) bond motifs is 6. The van der Waals surface area contributed by atoms with Gasteiger partial charge in [-0.2, -0.15) is 5.26 Å². The van der Waals surface area contributed by atoms with Gasteiger partial charge in [0.1, 0.15) is 0 Å². The van der Waals surface area contributed by atoms with E-state index in [0.29, 0.717) is 5.56 Å². The maximum absolute atomic E-state index is 9.88. The molecular weight excluding hydrogens is 512 g/mol. The van der Waals surface area contributed by atoms with Gasteiger partial charge in [0.25, 0.3) is 0 Å². The van der Waals surface area contributed by atoms with Crippen molar-refractivity contribution in [3.8, 4) is 28.6 Å². The molecule has 0 saturated heterocycles. The van der Waals surface area contributed by atoms with Crippen molar-refractivity contribution in [1.29, 1.82) is 5.26 Å². The molecule has 8 aromatic rings. The molecule has 4 heteroatoms. The van der Waals surface area contributed by atoms with Crippen LogP contribution in [-0.4, -0.2) is 14.1 Å². The van der Waals surface area contributed by atoms with Gasteiger partial charge in [-0.1, -0.05) is 84.9 Å². The molecule has 0 aliphatic carbocycles. The van der Waals surface area contributed by atoms with E-state index in [9.17, 15) is 5.26 Å². The fraction of sp³-hybridized carbons (Fsp3) is 0.0526. The Labute approximate surface area is 243 Å². The summed E-state index contributed by atoms with van der Waals surface area (Å²) in [7, 11) is 0. The molecule has 0 fully saturated rings. The van der Waals surface area contributed by atoms with E-state index in [1.165, 1.54) is 32.7 Å². The third-order valence-electron chi connectivity index (χ3n) is 8.46. The Balaban J connectivity index is 1.60. The standard InChI is InChI=1S/C38H26N4/c1-24-10-7-16-30-28-14-3-5-18-32(28)41(37(24)30)34-22-40-23-35(36(34)27-13-9-12-26(20-27)21-39)42-33-19-6-4-15-29(33)31-17-8-11-25(2)38(31)42/h3-20,22-23H,1-2H3. The molecule has 3 heterocycles. The van der Waals surface area contributed by atoms with Crippen LogP contribution in [0.5, 0.6) is 0 Å². The Morgan fingerprint density at radius 3 is 1.62 bits per heavy atom. The number of aryl methyl sites for hydroxylation is 2. The number of benzene rings is 5. The van der Waals surface area contributed by atoms with E-state index in [2.05, 4.69) is 120 Å². The molecule has 3 aromatic heterocycles. The second-order valence-electron chi connectivity index (χ2n) is 10.9. The highest BCUT2D eigenvalue weighted by Crippen LogP contribution is 2.42.